The number of carbonyl (C=O) groups is 2. The molecule has 1 rings (SSSR count). The van der Waals surface area contributed by atoms with Crippen LogP contribution >= 0.6 is 11.3 Å². The maximum atomic E-state index is 12.1. The van der Waals surface area contributed by atoms with Gasteiger partial charge in [-0.05, 0) is 38.3 Å². The van der Waals surface area contributed by atoms with Crippen molar-refractivity contribution in [3.8, 4) is 11.8 Å². The molecule has 0 bridgehead atoms. The zero-order chi connectivity index (χ0) is 16.9. The standard InChI is InChI=1S/C16H21NO4S/c1-10(2)9-12(15(19)20)17-14(18)13-6-5-11(22-13)7-8-16(3,4)21/h5-6,10,12,21H,9H2,1-4H3,(H,17,18)(H,19,20)/t12-/m0/s1. The third-order valence-corrected chi connectivity index (χ3v) is 3.63. The van der Waals surface area contributed by atoms with Gasteiger partial charge < -0.3 is 15.5 Å². The van der Waals surface area contributed by atoms with Gasteiger partial charge in [-0.25, -0.2) is 4.79 Å². The molecule has 0 aliphatic heterocycles. The van der Waals surface area contributed by atoms with Crippen molar-refractivity contribution in [2.24, 2.45) is 5.92 Å². The summed E-state index contributed by atoms with van der Waals surface area (Å²) in [7, 11) is 0. The van der Waals surface area contributed by atoms with Gasteiger partial charge in [-0.2, -0.15) is 0 Å². The first kappa shape index (κ1) is 18.2. The summed E-state index contributed by atoms with van der Waals surface area (Å²) in [6.45, 7) is 6.95. The number of carbonyl (C=O) groups excluding carboxylic acids is 1. The lowest BCUT2D eigenvalue weighted by Crippen LogP contribution is -2.41. The Labute approximate surface area is 134 Å². The number of nitrogens with one attached hydrogen (secondary N) is 1. The van der Waals surface area contributed by atoms with Crippen molar-refractivity contribution in [2.75, 3.05) is 0 Å². The summed E-state index contributed by atoms with van der Waals surface area (Å²) in [5.41, 5.74) is -1.10. The fourth-order valence-corrected chi connectivity index (χ4v) is 2.43. The summed E-state index contributed by atoms with van der Waals surface area (Å²) >= 11 is 1.16. The highest BCUT2D eigenvalue weighted by Gasteiger charge is 2.22. The van der Waals surface area contributed by atoms with Crippen LogP contribution < -0.4 is 5.32 Å². The maximum absolute atomic E-state index is 12.1. The Bertz CT molecular complexity index is 602. The van der Waals surface area contributed by atoms with Crippen molar-refractivity contribution in [3.05, 3.63) is 21.9 Å². The minimum atomic E-state index is -1.10. The van der Waals surface area contributed by atoms with Crippen molar-refractivity contribution < 1.29 is 19.8 Å². The Morgan fingerprint density at radius 1 is 1.36 bits per heavy atom. The van der Waals surface area contributed by atoms with Gasteiger partial charge in [0, 0.05) is 0 Å². The monoisotopic (exact) mass is 323 g/mol. The molecule has 1 amide bonds. The van der Waals surface area contributed by atoms with Gasteiger partial charge in [-0.3, -0.25) is 4.79 Å². The SMILES string of the molecule is CC(C)C[C@H](NC(=O)c1ccc(C#CC(C)(C)O)s1)C(=O)O. The molecular formula is C16H21NO4S. The molecule has 0 spiro atoms. The van der Waals surface area contributed by atoms with Crippen LogP contribution in [0, 0.1) is 17.8 Å². The summed E-state index contributed by atoms with van der Waals surface area (Å²) in [5, 5.41) is 21.2. The number of rotatable bonds is 5. The number of carboxylic acids is 1. The Morgan fingerprint density at radius 2 is 2.00 bits per heavy atom. The molecular weight excluding hydrogens is 302 g/mol. The Hall–Kier alpha value is -1.84. The molecule has 5 nitrogen and oxygen atoms in total. The number of carboxylic acid groups (broad SMARTS) is 1. The van der Waals surface area contributed by atoms with Crippen LogP contribution in [0.3, 0.4) is 0 Å². The molecule has 0 aliphatic rings. The minimum Gasteiger partial charge on any atom is -0.480 e. The van der Waals surface area contributed by atoms with Gasteiger partial charge in [-0.1, -0.05) is 25.7 Å². The van der Waals surface area contributed by atoms with Crippen molar-refractivity contribution in [1.82, 2.24) is 5.32 Å². The molecule has 0 unspecified atom stereocenters. The van der Waals surface area contributed by atoms with Crippen molar-refractivity contribution in [1.29, 1.82) is 0 Å². The highest BCUT2D eigenvalue weighted by Crippen LogP contribution is 2.16. The number of hydrogen-bond acceptors (Lipinski definition) is 4. The van der Waals surface area contributed by atoms with Crippen molar-refractivity contribution in [3.63, 3.8) is 0 Å². The number of hydrogen-bond donors (Lipinski definition) is 3. The van der Waals surface area contributed by atoms with Crippen LogP contribution in [-0.4, -0.2) is 33.7 Å². The highest BCUT2D eigenvalue weighted by molar-refractivity contribution is 7.14. The van der Waals surface area contributed by atoms with Gasteiger partial charge in [0.2, 0.25) is 0 Å². The van der Waals surface area contributed by atoms with Gasteiger partial charge in [0.1, 0.15) is 11.6 Å². The summed E-state index contributed by atoms with van der Waals surface area (Å²) < 4.78 is 0. The summed E-state index contributed by atoms with van der Waals surface area (Å²) in [6, 6.07) is 2.37. The van der Waals surface area contributed by atoms with Gasteiger partial charge in [-0.15, -0.1) is 11.3 Å². The van der Waals surface area contributed by atoms with E-state index < -0.39 is 23.5 Å². The average molecular weight is 323 g/mol. The molecule has 0 aliphatic carbocycles. The normalized spacial score (nSPS) is 12.5. The van der Waals surface area contributed by atoms with Crippen LogP contribution in [0.5, 0.6) is 0 Å². The molecule has 0 radical (unpaired) electrons. The zero-order valence-corrected chi connectivity index (χ0v) is 14.0. The molecule has 6 heteroatoms. The lowest BCUT2D eigenvalue weighted by Gasteiger charge is -2.15. The van der Waals surface area contributed by atoms with Crippen LogP contribution in [0.15, 0.2) is 12.1 Å². The van der Waals surface area contributed by atoms with E-state index >= 15 is 0 Å². The molecule has 0 saturated heterocycles. The van der Waals surface area contributed by atoms with Crippen LogP contribution in [-0.2, 0) is 4.79 Å². The second kappa shape index (κ2) is 7.43. The van der Waals surface area contributed by atoms with Gasteiger partial charge >= 0.3 is 5.97 Å². The van der Waals surface area contributed by atoms with E-state index in [2.05, 4.69) is 17.2 Å². The fraction of sp³-hybridized carbons (Fsp3) is 0.500. The van der Waals surface area contributed by atoms with E-state index in [4.69, 9.17) is 5.11 Å². The van der Waals surface area contributed by atoms with E-state index in [0.717, 1.165) is 11.3 Å². The van der Waals surface area contributed by atoms with Crippen LogP contribution in [0.2, 0.25) is 0 Å². The first-order valence-corrected chi connectivity index (χ1v) is 7.79. The quantitative estimate of drug-likeness (QED) is 0.724. The Balaban J connectivity index is 2.79. The highest BCUT2D eigenvalue weighted by atomic mass is 32.1. The van der Waals surface area contributed by atoms with Crippen molar-refractivity contribution in [2.45, 2.75) is 45.8 Å². The molecule has 0 aromatic carbocycles. The van der Waals surface area contributed by atoms with E-state index in [1.54, 1.807) is 26.0 Å². The van der Waals surface area contributed by atoms with Crippen LogP contribution in [0.1, 0.15) is 48.7 Å². The second-order valence-corrected chi connectivity index (χ2v) is 7.05. The van der Waals surface area contributed by atoms with E-state index in [-0.39, 0.29) is 5.92 Å². The second-order valence-electron chi connectivity index (χ2n) is 5.97. The molecule has 0 fully saturated rings. The van der Waals surface area contributed by atoms with Crippen LogP contribution in [0.25, 0.3) is 0 Å². The summed E-state index contributed by atoms with van der Waals surface area (Å²) in [5.74, 6) is 4.16. The third-order valence-electron chi connectivity index (χ3n) is 2.63. The average Bonchev–Trinajstić information content (AvgIpc) is 2.82. The molecule has 1 aromatic heterocycles. The molecule has 0 saturated carbocycles. The zero-order valence-electron chi connectivity index (χ0n) is 13.1. The Kier molecular flexibility index (Phi) is 6.15. The van der Waals surface area contributed by atoms with Gasteiger partial charge in [0.05, 0.1) is 9.75 Å². The van der Waals surface area contributed by atoms with E-state index in [1.165, 1.54) is 0 Å². The Morgan fingerprint density at radius 3 is 2.50 bits per heavy atom. The van der Waals surface area contributed by atoms with Crippen molar-refractivity contribution >= 4 is 23.2 Å². The molecule has 1 atom stereocenters. The van der Waals surface area contributed by atoms with E-state index in [9.17, 15) is 14.7 Å². The number of thiophene rings is 1. The fourth-order valence-electron chi connectivity index (χ4n) is 1.66. The summed E-state index contributed by atoms with van der Waals surface area (Å²) in [4.78, 5) is 24.3. The number of aliphatic hydroxyl groups is 1. The first-order chi connectivity index (χ1) is 10.1. The third kappa shape index (κ3) is 6.29. The lowest BCUT2D eigenvalue weighted by molar-refractivity contribution is -0.139. The molecule has 1 aromatic rings. The lowest BCUT2D eigenvalue weighted by atomic mass is 10.0. The van der Waals surface area contributed by atoms with Crippen LogP contribution in [0.4, 0.5) is 0 Å². The largest absolute Gasteiger partial charge is 0.480 e. The molecule has 120 valence electrons. The predicted octanol–water partition coefficient (Wildman–Crippen LogP) is 2.10. The number of amides is 1. The van der Waals surface area contributed by atoms with E-state index in [0.29, 0.717) is 16.2 Å². The van der Waals surface area contributed by atoms with Gasteiger partial charge in [0.15, 0.2) is 0 Å². The molecule has 1 heterocycles. The maximum Gasteiger partial charge on any atom is 0.326 e. The number of aliphatic carboxylic acids is 1. The van der Waals surface area contributed by atoms with Gasteiger partial charge in [0.25, 0.3) is 5.91 Å². The first-order valence-electron chi connectivity index (χ1n) is 6.97. The minimum absolute atomic E-state index is 0.165. The molecule has 22 heavy (non-hydrogen) atoms. The van der Waals surface area contributed by atoms with E-state index in [1.807, 2.05) is 13.8 Å². The molecule has 3 N–H and O–H groups in total. The predicted molar refractivity (Wildman–Crippen MR) is 85.8 cm³/mol. The summed E-state index contributed by atoms with van der Waals surface area (Å²) in [6.07, 6.45) is 0.373. The topological polar surface area (TPSA) is 86.6 Å². The smallest absolute Gasteiger partial charge is 0.326 e.